The summed E-state index contributed by atoms with van der Waals surface area (Å²) >= 11 is 0. The van der Waals surface area contributed by atoms with Crippen LogP contribution in [0.2, 0.25) is 0 Å². The van der Waals surface area contributed by atoms with E-state index in [0.717, 1.165) is 5.56 Å². The van der Waals surface area contributed by atoms with Gasteiger partial charge in [-0.05, 0) is 23.8 Å². The van der Waals surface area contributed by atoms with Gasteiger partial charge in [0.25, 0.3) is 0 Å². The number of aromatic nitrogens is 1. The minimum Gasteiger partial charge on any atom is -0.444 e. The van der Waals surface area contributed by atoms with Crippen molar-refractivity contribution in [2.75, 3.05) is 5.32 Å². The van der Waals surface area contributed by atoms with Crippen molar-refractivity contribution in [3.05, 3.63) is 64.6 Å². The zero-order valence-electron chi connectivity index (χ0n) is 11.0. The number of rotatable bonds is 3. The number of ether oxygens (including phenoxy) is 1. The average molecular weight is 284 g/mol. The van der Waals surface area contributed by atoms with E-state index in [2.05, 4.69) is 10.3 Å². The van der Waals surface area contributed by atoms with Crippen molar-refractivity contribution in [3.63, 3.8) is 0 Å². The Hall–Kier alpha value is -3.02. The molecule has 0 aliphatic carbocycles. The Balaban J connectivity index is 1.64. The highest BCUT2D eigenvalue weighted by atomic mass is 16.5. The molecule has 0 saturated carbocycles. The number of H-pyrrole nitrogens is 1. The smallest absolute Gasteiger partial charge is 0.417 e. The molecule has 0 radical (unpaired) electrons. The zero-order chi connectivity index (χ0) is 14.7. The first-order valence-corrected chi connectivity index (χ1v) is 6.31. The van der Waals surface area contributed by atoms with Gasteiger partial charge >= 0.3 is 11.8 Å². The van der Waals surface area contributed by atoms with Gasteiger partial charge in [0.05, 0.1) is 5.52 Å². The molecule has 21 heavy (non-hydrogen) atoms. The van der Waals surface area contributed by atoms with Crippen molar-refractivity contribution >= 4 is 22.9 Å². The Morgan fingerprint density at radius 1 is 1.19 bits per heavy atom. The summed E-state index contributed by atoms with van der Waals surface area (Å²) in [6.07, 6.45) is -0.566. The van der Waals surface area contributed by atoms with Crippen molar-refractivity contribution in [3.8, 4) is 0 Å². The predicted molar refractivity (Wildman–Crippen MR) is 77.1 cm³/mol. The lowest BCUT2D eigenvalue weighted by molar-refractivity contribution is 0.155. The number of benzene rings is 2. The molecule has 0 unspecified atom stereocenters. The third-order valence-corrected chi connectivity index (χ3v) is 2.88. The first kappa shape index (κ1) is 13.0. The van der Waals surface area contributed by atoms with E-state index in [9.17, 15) is 9.59 Å². The third kappa shape index (κ3) is 3.11. The summed E-state index contributed by atoms with van der Waals surface area (Å²) in [7, 11) is 0. The standard InChI is InChI=1S/C15H12N2O4/c18-14(20-9-10-4-2-1-3-5-10)16-11-6-7-13-12(8-11)17-15(19)21-13/h1-8H,9H2,(H,16,18)(H,17,19). The monoisotopic (exact) mass is 284 g/mol. The molecule has 3 aromatic rings. The summed E-state index contributed by atoms with van der Waals surface area (Å²) in [5.74, 6) is -0.534. The van der Waals surface area contributed by atoms with Gasteiger partial charge in [-0.1, -0.05) is 30.3 Å². The van der Waals surface area contributed by atoms with E-state index in [-0.39, 0.29) is 6.61 Å². The summed E-state index contributed by atoms with van der Waals surface area (Å²) in [6, 6.07) is 14.2. The molecule has 2 N–H and O–H groups in total. The molecule has 6 nitrogen and oxygen atoms in total. The highest BCUT2D eigenvalue weighted by Crippen LogP contribution is 2.16. The van der Waals surface area contributed by atoms with Gasteiger partial charge in [0.2, 0.25) is 0 Å². The van der Waals surface area contributed by atoms with Crippen LogP contribution in [0.25, 0.3) is 11.1 Å². The predicted octanol–water partition coefficient (Wildman–Crippen LogP) is 2.87. The van der Waals surface area contributed by atoms with Gasteiger partial charge in [-0.3, -0.25) is 10.3 Å². The fourth-order valence-electron chi connectivity index (χ4n) is 1.91. The summed E-state index contributed by atoms with van der Waals surface area (Å²) < 4.78 is 9.98. The van der Waals surface area contributed by atoms with Crippen LogP contribution in [0.3, 0.4) is 0 Å². The van der Waals surface area contributed by atoms with E-state index in [0.29, 0.717) is 16.8 Å². The number of carbonyl (C=O) groups excluding carboxylic acids is 1. The van der Waals surface area contributed by atoms with Gasteiger partial charge in [0, 0.05) is 5.69 Å². The van der Waals surface area contributed by atoms with E-state index in [1.54, 1.807) is 18.2 Å². The number of fused-ring (bicyclic) bond motifs is 1. The Kier molecular flexibility index (Phi) is 3.42. The molecular formula is C15H12N2O4. The van der Waals surface area contributed by atoms with Crippen LogP contribution in [0.5, 0.6) is 0 Å². The maximum atomic E-state index is 11.7. The molecule has 0 aliphatic heterocycles. The molecule has 0 atom stereocenters. The van der Waals surface area contributed by atoms with Crippen molar-refractivity contribution in [1.29, 1.82) is 0 Å². The van der Waals surface area contributed by atoms with E-state index in [1.165, 1.54) is 0 Å². The molecule has 1 amide bonds. The highest BCUT2D eigenvalue weighted by molar-refractivity contribution is 5.88. The third-order valence-electron chi connectivity index (χ3n) is 2.88. The van der Waals surface area contributed by atoms with Crippen molar-refractivity contribution < 1.29 is 13.9 Å². The quantitative estimate of drug-likeness (QED) is 0.774. The SMILES string of the molecule is O=C(Nc1ccc2oc(=O)[nH]c2c1)OCc1ccccc1. The van der Waals surface area contributed by atoms with Crippen molar-refractivity contribution in [1.82, 2.24) is 4.98 Å². The number of nitrogens with one attached hydrogen (secondary N) is 2. The Labute approximate surface area is 119 Å². The molecule has 106 valence electrons. The van der Waals surface area contributed by atoms with E-state index in [1.807, 2.05) is 30.3 Å². The van der Waals surface area contributed by atoms with Crippen LogP contribution in [0.15, 0.2) is 57.7 Å². The summed E-state index contributed by atoms with van der Waals surface area (Å²) in [5, 5.41) is 2.59. The van der Waals surface area contributed by atoms with Gasteiger partial charge in [0.1, 0.15) is 6.61 Å². The van der Waals surface area contributed by atoms with Crippen molar-refractivity contribution in [2.24, 2.45) is 0 Å². The van der Waals surface area contributed by atoms with Gasteiger partial charge in [-0.25, -0.2) is 9.59 Å². The second-order valence-corrected chi connectivity index (χ2v) is 4.41. The van der Waals surface area contributed by atoms with Crippen molar-refractivity contribution in [2.45, 2.75) is 6.61 Å². The normalized spacial score (nSPS) is 10.5. The number of aromatic amines is 1. The van der Waals surface area contributed by atoms with Gasteiger partial charge < -0.3 is 9.15 Å². The molecule has 6 heteroatoms. The minimum absolute atomic E-state index is 0.192. The van der Waals surface area contributed by atoms with Crippen LogP contribution < -0.4 is 11.1 Å². The number of carbonyl (C=O) groups is 1. The largest absolute Gasteiger partial charge is 0.444 e. The van der Waals surface area contributed by atoms with E-state index in [4.69, 9.17) is 9.15 Å². The Morgan fingerprint density at radius 3 is 2.81 bits per heavy atom. The lowest BCUT2D eigenvalue weighted by Crippen LogP contribution is -2.13. The average Bonchev–Trinajstić information content (AvgIpc) is 2.85. The fourth-order valence-corrected chi connectivity index (χ4v) is 1.91. The molecule has 2 aromatic carbocycles. The minimum atomic E-state index is -0.566. The number of hydrogen-bond acceptors (Lipinski definition) is 4. The molecule has 0 fully saturated rings. The molecule has 3 rings (SSSR count). The Bertz CT molecular complexity index is 820. The van der Waals surface area contributed by atoms with Gasteiger partial charge in [0.15, 0.2) is 5.58 Å². The van der Waals surface area contributed by atoms with Crippen LogP contribution >= 0.6 is 0 Å². The number of anilines is 1. The number of oxazole rings is 1. The van der Waals surface area contributed by atoms with Crippen LogP contribution in [0.1, 0.15) is 5.56 Å². The summed E-state index contributed by atoms with van der Waals surface area (Å²) in [4.78, 5) is 25.3. The maximum absolute atomic E-state index is 11.7. The summed E-state index contributed by atoms with van der Waals surface area (Å²) in [5.41, 5.74) is 2.36. The molecular weight excluding hydrogens is 272 g/mol. The highest BCUT2D eigenvalue weighted by Gasteiger charge is 2.06. The second-order valence-electron chi connectivity index (χ2n) is 4.41. The lowest BCUT2D eigenvalue weighted by atomic mass is 10.2. The zero-order valence-corrected chi connectivity index (χ0v) is 11.0. The first-order valence-electron chi connectivity index (χ1n) is 6.31. The number of amides is 1. The summed E-state index contributed by atoms with van der Waals surface area (Å²) in [6.45, 7) is 0.192. The van der Waals surface area contributed by atoms with Crippen LogP contribution in [-0.2, 0) is 11.3 Å². The first-order chi connectivity index (χ1) is 10.2. The molecule has 0 bridgehead atoms. The molecule has 0 aliphatic rings. The van der Waals surface area contributed by atoms with E-state index < -0.39 is 11.8 Å². The van der Waals surface area contributed by atoms with E-state index >= 15 is 0 Å². The Morgan fingerprint density at radius 2 is 2.00 bits per heavy atom. The fraction of sp³-hybridized carbons (Fsp3) is 0.0667. The van der Waals surface area contributed by atoms with Gasteiger partial charge in [-0.15, -0.1) is 0 Å². The molecule has 0 saturated heterocycles. The lowest BCUT2D eigenvalue weighted by Gasteiger charge is -2.06. The number of hydrogen-bond donors (Lipinski definition) is 2. The molecule has 0 spiro atoms. The second kappa shape index (κ2) is 5.54. The molecule has 1 aromatic heterocycles. The maximum Gasteiger partial charge on any atom is 0.417 e. The van der Waals surface area contributed by atoms with Gasteiger partial charge in [-0.2, -0.15) is 0 Å². The van der Waals surface area contributed by atoms with Crippen LogP contribution in [-0.4, -0.2) is 11.1 Å². The van der Waals surface area contributed by atoms with Crippen LogP contribution in [0.4, 0.5) is 10.5 Å². The molecule has 1 heterocycles. The topological polar surface area (TPSA) is 84.3 Å². The van der Waals surface area contributed by atoms with Crippen LogP contribution in [0, 0.1) is 0 Å².